The summed E-state index contributed by atoms with van der Waals surface area (Å²) in [5.74, 6) is -0.268. The number of benzene rings is 1. The van der Waals surface area contributed by atoms with E-state index >= 15 is 0 Å². The van der Waals surface area contributed by atoms with E-state index in [2.05, 4.69) is 0 Å². The Morgan fingerprint density at radius 2 is 1.88 bits per heavy atom. The second kappa shape index (κ2) is 4.06. The molecule has 4 heteroatoms. The first-order valence-corrected chi connectivity index (χ1v) is 5.29. The third kappa shape index (κ3) is 1.61. The number of carbonyl (C=O) groups is 2. The Labute approximate surface area is 94.0 Å². The van der Waals surface area contributed by atoms with Crippen molar-refractivity contribution in [2.24, 2.45) is 5.73 Å². The fourth-order valence-electron chi connectivity index (χ4n) is 2.01. The van der Waals surface area contributed by atoms with Crippen LogP contribution in [0.2, 0.25) is 0 Å². The molecular weight excluding hydrogens is 204 g/mol. The predicted octanol–water partition coefficient (Wildman–Crippen LogP) is 1.11. The van der Waals surface area contributed by atoms with Crippen LogP contribution in [0.15, 0.2) is 18.2 Å². The smallest absolute Gasteiger partial charge is 0.234 e. The summed E-state index contributed by atoms with van der Waals surface area (Å²) in [4.78, 5) is 24.5. The Morgan fingerprint density at radius 1 is 1.25 bits per heavy atom. The molecule has 4 nitrogen and oxygen atoms in total. The molecule has 1 aromatic carbocycles. The van der Waals surface area contributed by atoms with Gasteiger partial charge in [0, 0.05) is 19.4 Å². The Kier molecular flexibility index (Phi) is 2.75. The van der Waals surface area contributed by atoms with E-state index in [4.69, 9.17) is 5.73 Å². The van der Waals surface area contributed by atoms with Gasteiger partial charge in [0.2, 0.25) is 11.8 Å². The minimum absolute atomic E-state index is 0.134. The lowest BCUT2D eigenvalue weighted by Gasteiger charge is -2.18. The van der Waals surface area contributed by atoms with Crippen molar-refractivity contribution in [2.75, 3.05) is 4.90 Å². The number of carbonyl (C=O) groups excluding carboxylic acids is 2. The van der Waals surface area contributed by atoms with Gasteiger partial charge in [-0.25, -0.2) is 0 Å². The zero-order chi connectivity index (χ0) is 11.7. The summed E-state index contributed by atoms with van der Waals surface area (Å²) < 4.78 is 0. The van der Waals surface area contributed by atoms with Gasteiger partial charge in [0.1, 0.15) is 0 Å². The van der Waals surface area contributed by atoms with E-state index in [1.54, 1.807) is 6.07 Å². The first-order chi connectivity index (χ1) is 7.65. The molecule has 16 heavy (non-hydrogen) atoms. The van der Waals surface area contributed by atoms with Gasteiger partial charge in [0.15, 0.2) is 0 Å². The zero-order valence-corrected chi connectivity index (χ0v) is 9.19. The average molecular weight is 218 g/mol. The number of hydrogen-bond donors (Lipinski definition) is 1. The van der Waals surface area contributed by atoms with Crippen LogP contribution in [0.3, 0.4) is 0 Å². The number of aryl methyl sites for hydroxylation is 1. The molecule has 1 fully saturated rings. The molecule has 2 rings (SSSR count). The zero-order valence-electron chi connectivity index (χ0n) is 9.19. The molecule has 1 heterocycles. The third-order valence-corrected chi connectivity index (χ3v) is 2.88. The highest BCUT2D eigenvalue weighted by Gasteiger charge is 2.31. The Bertz CT molecular complexity index is 438. The van der Waals surface area contributed by atoms with Gasteiger partial charge < -0.3 is 5.73 Å². The van der Waals surface area contributed by atoms with Crippen LogP contribution < -0.4 is 10.6 Å². The van der Waals surface area contributed by atoms with Crippen molar-refractivity contribution >= 4 is 17.5 Å². The van der Waals surface area contributed by atoms with E-state index < -0.39 is 0 Å². The summed E-state index contributed by atoms with van der Waals surface area (Å²) in [5.41, 5.74) is 8.18. The average Bonchev–Trinajstić information content (AvgIpc) is 2.58. The van der Waals surface area contributed by atoms with Crippen LogP contribution in [0.5, 0.6) is 0 Å². The van der Waals surface area contributed by atoms with Gasteiger partial charge in [0.25, 0.3) is 0 Å². The fraction of sp³-hybridized carbons (Fsp3) is 0.333. The standard InChI is InChI=1S/C12H14N2O2/c1-8-3-2-4-10(9(8)7-13)14-11(15)5-6-12(14)16/h2-4H,5-7,13H2,1H3. The summed E-state index contributed by atoms with van der Waals surface area (Å²) in [5, 5.41) is 0. The topological polar surface area (TPSA) is 63.4 Å². The van der Waals surface area contributed by atoms with E-state index in [-0.39, 0.29) is 11.8 Å². The third-order valence-electron chi connectivity index (χ3n) is 2.88. The predicted molar refractivity (Wildman–Crippen MR) is 60.8 cm³/mol. The normalized spacial score (nSPS) is 16.0. The maximum atomic E-state index is 11.6. The molecule has 84 valence electrons. The van der Waals surface area contributed by atoms with Gasteiger partial charge >= 0.3 is 0 Å². The van der Waals surface area contributed by atoms with Crippen molar-refractivity contribution in [1.82, 2.24) is 0 Å². The molecule has 0 aliphatic carbocycles. The van der Waals surface area contributed by atoms with E-state index in [0.29, 0.717) is 25.1 Å². The van der Waals surface area contributed by atoms with Gasteiger partial charge in [-0.15, -0.1) is 0 Å². The van der Waals surface area contributed by atoms with Gasteiger partial charge in [-0.3, -0.25) is 14.5 Å². The molecule has 2 N–H and O–H groups in total. The van der Waals surface area contributed by atoms with Crippen LogP contribution in [0.4, 0.5) is 5.69 Å². The lowest BCUT2D eigenvalue weighted by Crippen LogP contribution is -2.30. The molecule has 1 aromatic rings. The van der Waals surface area contributed by atoms with Gasteiger partial charge in [-0.1, -0.05) is 12.1 Å². The Morgan fingerprint density at radius 3 is 2.44 bits per heavy atom. The quantitative estimate of drug-likeness (QED) is 0.756. The van der Waals surface area contributed by atoms with Crippen LogP contribution in [0.1, 0.15) is 24.0 Å². The number of nitrogens with zero attached hydrogens (tertiary/aromatic N) is 1. The van der Waals surface area contributed by atoms with Crippen molar-refractivity contribution in [2.45, 2.75) is 26.3 Å². The molecule has 0 atom stereocenters. The molecule has 1 saturated heterocycles. The molecule has 0 bridgehead atoms. The molecule has 0 unspecified atom stereocenters. The van der Waals surface area contributed by atoms with Crippen molar-refractivity contribution in [3.05, 3.63) is 29.3 Å². The lowest BCUT2D eigenvalue weighted by molar-refractivity contribution is -0.121. The molecule has 0 aromatic heterocycles. The molecule has 1 aliphatic rings. The van der Waals surface area contributed by atoms with Crippen LogP contribution in [-0.2, 0) is 16.1 Å². The SMILES string of the molecule is Cc1cccc(N2C(=O)CCC2=O)c1CN. The van der Waals surface area contributed by atoms with E-state index in [9.17, 15) is 9.59 Å². The lowest BCUT2D eigenvalue weighted by atomic mass is 10.1. The first-order valence-electron chi connectivity index (χ1n) is 5.29. The van der Waals surface area contributed by atoms with Crippen molar-refractivity contribution in [1.29, 1.82) is 0 Å². The van der Waals surface area contributed by atoms with Crippen molar-refractivity contribution in [3.8, 4) is 0 Å². The number of nitrogens with two attached hydrogens (primary N) is 1. The van der Waals surface area contributed by atoms with Crippen molar-refractivity contribution < 1.29 is 9.59 Å². The second-order valence-electron chi connectivity index (χ2n) is 3.90. The summed E-state index contributed by atoms with van der Waals surface area (Å²) in [7, 11) is 0. The minimum Gasteiger partial charge on any atom is -0.326 e. The van der Waals surface area contributed by atoms with Crippen molar-refractivity contribution in [3.63, 3.8) is 0 Å². The minimum atomic E-state index is -0.134. The van der Waals surface area contributed by atoms with E-state index in [1.165, 1.54) is 4.90 Å². The molecule has 2 amide bonds. The monoisotopic (exact) mass is 218 g/mol. The summed E-state index contributed by atoms with van der Waals surface area (Å²) in [6, 6.07) is 5.54. The van der Waals surface area contributed by atoms with Crippen LogP contribution in [0.25, 0.3) is 0 Å². The van der Waals surface area contributed by atoms with E-state index in [1.807, 2.05) is 19.1 Å². The van der Waals surface area contributed by atoms with Crippen LogP contribution >= 0.6 is 0 Å². The number of imide groups is 1. The number of anilines is 1. The van der Waals surface area contributed by atoms with E-state index in [0.717, 1.165) is 11.1 Å². The molecule has 0 saturated carbocycles. The second-order valence-corrected chi connectivity index (χ2v) is 3.90. The maximum Gasteiger partial charge on any atom is 0.234 e. The largest absolute Gasteiger partial charge is 0.326 e. The summed E-state index contributed by atoms with van der Waals surface area (Å²) in [6.07, 6.45) is 0.605. The fourth-order valence-corrected chi connectivity index (χ4v) is 2.01. The number of hydrogen-bond acceptors (Lipinski definition) is 3. The first kappa shape index (κ1) is 10.8. The molecule has 0 spiro atoms. The number of rotatable bonds is 2. The summed E-state index contributed by atoms with van der Waals surface area (Å²) >= 11 is 0. The maximum absolute atomic E-state index is 11.6. The number of amides is 2. The highest BCUT2D eigenvalue weighted by molar-refractivity contribution is 6.20. The molecule has 1 aliphatic heterocycles. The molecular formula is C12H14N2O2. The van der Waals surface area contributed by atoms with Gasteiger partial charge in [0.05, 0.1) is 5.69 Å². The highest BCUT2D eigenvalue weighted by Crippen LogP contribution is 2.27. The molecule has 0 radical (unpaired) electrons. The Balaban J connectivity index is 2.51. The summed E-state index contributed by atoms with van der Waals surface area (Å²) in [6.45, 7) is 2.26. The Hall–Kier alpha value is -1.68. The highest BCUT2D eigenvalue weighted by atomic mass is 16.2. The van der Waals surface area contributed by atoms with Crippen LogP contribution in [-0.4, -0.2) is 11.8 Å². The van der Waals surface area contributed by atoms with Crippen LogP contribution in [0, 0.1) is 6.92 Å². The van der Waals surface area contributed by atoms with Gasteiger partial charge in [-0.05, 0) is 24.1 Å². The van der Waals surface area contributed by atoms with Gasteiger partial charge in [-0.2, -0.15) is 0 Å².